The van der Waals surface area contributed by atoms with Crippen LogP contribution in [0.2, 0.25) is 0 Å². The van der Waals surface area contributed by atoms with Crippen LogP contribution in [0, 0.1) is 0 Å². The lowest BCUT2D eigenvalue weighted by Crippen LogP contribution is -2.37. The molecule has 0 radical (unpaired) electrons. The molecule has 0 saturated heterocycles. The fourth-order valence-corrected chi connectivity index (χ4v) is 0.913. The molecule has 0 bridgehead atoms. The molecule has 3 nitrogen and oxygen atoms in total. The van der Waals surface area contributed by atoms with Crippen molar-refractivity contribution < 1.29 is 4.74 Å². The van der Waals surface area contributed by atoms with E-state index < -0.39 is 0 Å². The molecule has 0 aromatic rings. The highest BCUT2D eigenvalue weighted by Crippen LogP contribution is 2.37. The molecule has 3 N–H and O–H groups in total. The largest absolute Gasteiger partial charge is 0.376 e. The van der Waals surface area contributed by atoms with E-state index in [1.807, 2.05) is 0 Å². The van der Waals surface area contributed by atoms with E-state index in [2.05, 4.69) is 17.5 Å². The zero-order valence-electron chi connectivity index (χ0n) is 6.02. The third-order valence-electron chi connectivity index (χ3n) is 1.83. The lowest BCUT2D eigenvalue weighted by molar-refractivity contribution is 0.0840. The molecule has 0 atom stereocenters. The van der Waals surface area contributed by atoms with E-state index >= 15 is 0 Å². The molecule has 0 aromatic carbocycles. The fraction of sp³-hybridized carbons (Fsp3) is 0.833. The molecule has 1 rings (SSSR count). The molecule has 10 heavy (non-hydrogen) atoms. The second kappa shape index (κ2) is 2.72. The van der Waals surface area contributed by atoms with Crippen LogP contribution in [0.4, 0.5) is 0 Å². The zero-order valence-corrected chi connectivity index (χ0v) is 6.83. The minimum Gasteiger partial charge on any atom is -0.376 e. The van der Waals surface area contributed by atoms with Gasteiger partial charge in [0.05, 0.1) is 5.60 Å². The first-order valence-electron chi connectivity index (χ1n) is 3.27. The lowest BCUT2D eigenvalue weighted by atomic mass is 10.3. The van der Waals surface area contributed by atoms with Crippen molar-refractivity contribution in [3.63, 3.8) is 0 Å². The van der Waals surface area contributed by atoms with Crippen molar-refractivity contribution in [3.05, 3.63) is 0 Å². The van der Waals surface area contributed by atoms with Crippen molar-refractivity contribution >= 4 is 17.3 Å². The highest BCUT2D eigenvalue weighted by Gasteiger charge is 2.42. The zero-order chi connectivity index (χ0) is 7.61. The van der Waals surface area contributed by atoms with Crippen LogP contribution >= 0.6 is 12.2 Å². The summed E-state index contributed by atoms with van der Waals surface area (Å²) in [6.07, 6.45) is 2.22. The maximum Gasteiger partial charge on any atom is 0.163 e. The van der Waals surface area contributed by atoms with E-state index in [4.69, 9.17) is 10.5 Å². The summed E-state index contributed by atoms with van der Waals surface area (Å²) < 4.78 is 5.22. The molecule has 1 fully saturated rings. The Morgan fingerprint density at radius 2 is 2.40 bits per heavy atom. The first kappa shape index (κ1) is 7.75. The van der Waals surface area contributed by atoms with Gasteiger partial charge in [-0.1, -0.05) is 0 Å². The average Bonchev–Trinajstić information content (AvgIpc) is 2.64. The Morgan fingerprint density at radius 3 is 2.70 bits per heavy atom. The smallest absolute Gasteiger partial charge is 0.163 e. The topological polar surface area (TPSA) is 47.3 Å². The predicted octanol–water partition coefficient (Wildman–Crippen LogP) is -0.00140. The Labute approximate surface area is 65.9 Å². The van der Waals surface area contributed by atoms with E-state index in [9.17, 15) is 0 Å². The van der Waals surface area contributed by atoms with Crippen molar-refractivity contribution in [2.45, 2.75) is 18.4 Å². The van der Waals surface area contributed by atoms with Gasteiger partial charge in [-0.2, -0.15) is 0 Å². The first-order valence-corrected chi connectivity index (χ1v) is 3.68. The number of nitrogens with one attached hydrogen (secondary N) is 1. The lowest BCUT2D eigenvalue weighted by Gasteiger charge is -2.13. The molecular formula is C6H12N2OS. The molecule has 0 amide bonds. The summed E-state index contributed by atoms with van der Waals surface area (Å²) in [5, 5.41) is 3.23. The quantitative estimate of drug-likeness (QED) is 0.570. The molecule has 0 aromatic heterocycles. The maximum atomic E-state index is 5.25. The molecule has 4 heteroatoms. The van der Waals surface area contributed by atoms with E-state index in [-0.39, 0.29) is 5.60 Å². The highest BCUT2D eigenvalue weighted by molar-refractivity contribution is 7.80. The van der Waals surface area contributed by atoms with Gasteiger partial charge >= 0.3 is 0 Å². The van der Waals surface area contributed by atoms with Crippen LogP contribution in [0.15, 0.2) is 0 Å². The van der Waals surface area contributed by atoms with Crippen LogP contribution in [0.1, 0.15) is 12.8 Å². The standard InChI is InChI=1S/C6H12N2OS/c1-9-6(2-3-6)4-8-5(7)10/h2-4H2,1H3,(H3,7,8,10). The Hall–Kier alpha value is -0.350. The van der Waals surface area contributed by atoms with Gasteiger partial charge in [-0.25, -0.2) is 0 Å². The van der Waals surface area contributed by atoms with E-state index in [0.717, 1.165) is 19.4 Å². The van der Waals surface area contributed by atoms with E-state index in [0.29, 0.717) is 5.11 Å². The van der Waals surface area contributed by atoms with Crippen molar-refractivity contribution in [2.75, 3.05) is 13.7 Å². The summed E-state index contributed by atoms with van der Waals surface area (Å²) in [6.45, 7) is 0.749. The monoisotopic (exact) mass is 160 g/mol. The second-order valence-electron chi connectivity index (χ2n) is 2.60. The number of nitrogens with two attached hydrogens (primary N) is 1. The molecule has 0 aliphatic heterocycles. The average molecular weight is 160 g/mol. The summed E-state index contributed by atoms with van der Waals surface area (Å²) >= 11 is 4.65. The second-order valence-corrected chi connectivity index (χ2v) is 3.04. The highest BCUT2D eigenvalue weighted by atomic mass is 32.1. The Bertz CT molecular complexity index is 145. The molecule has 1 aliphatic rings. The minimum atomic E-state index is 0.0451. The van der Waals surface area contributed by atoms with Gasteiger partial charge in [-0.15, -0.1) is 0 Å². The summed E-state index contributed by atoms with van der Waals surface area (Å²) in [6, 6.07) is 0. The third kappa shape index (κ3) is 1.82. The Balaban J connectivity index is 2.19. The predicted molar refractivity (Wildman–Crippen MR) is 43.8 cm³/mol. The van der Waals surface area contributed by atoms with Gasteiger partial charge in [-0.05, 0) is 25.1 Å². The van der Waals surface area contributed by atoms with Crippen LogP contribution in [0.3, 0.4) is 0 Å². The molecule has 1 aliphatic carbocycles. The van der Waals surface area contributed by atoms with Crippen LogP contribution in [0.5, 0.6) is 0 Å². The maximum absolute atomic E-state index is 5.25. The van der Waals surface area contributed by atoms with Gasteiger partial charge in [0, 0.05) is 13.7 Å². The van der Waals surface area contributed by atoms with Gasteiger partial charge in [0.1, 0.15) is 0 Å². The van der Waals surface area contributed by atoms with Crippen LogP contribution in [0.25, 0.3) is 0 Å². The number of hydrogen-bond acceptors (Lipinski definition) is 2. The van der Waals surface area contributed by atoms with Crippen LogP contribution in [-0.4, -0.2) is 24.4 Å². The van der Waals surface area contributed by atoms with Gasteiger partial charge in [0.25, 0.3) is 0 Å². The normalized spacial score (nSPS) is 20.1. The molecule has 0 unspecified atom stereocenters. The number of rotatable bonds is 3. The van der Waals surface area contributed by atoms with Crippen molar-refractivity contribution in [2.24, 2.45) is 5.73 Å². The summed E-state index contributed by atoms with van der Waals surface area (Å²) in [4.78, 5) is 0. The van der Waals surface area contributed by atoms with Crippen molar-refractivity contribution in [1.82, 2.24) is 5.32 Å². The molecule has 0 heterocycles. The van der Waals surface area contributed by atoms with Crippen LogP contribution in [-0.2, 0) is 4.74 Å². The third-order valence-corrected chi connectivity index (χ3v) is 1.97. The number of methoxy groups -OCH3 is 1. The minimum absolute atomic E-state index is 0.0451. The Kier molecular flexibility index (Phi) is 2.11. The van der Waals surface area contributed by atoms with Gasteiger partial charge in [0.15, 0.2) is 5.11 Å². The Morgan fingerprint density at radius 1 is 1.80 bits per heavy atom. The van der Waals surface area contributed by atoms with Crippen LogP contribution < -0.4 is 11.1 Å². The molecular weight excluding hydrogens is 148 g/mol. The van der Waals surface area contributed by atoms with E-state index in [1.165, 1.54) is 0 Å². The molecule has 0 spiro atoms. The number of ether oxygens (including phenoxy) is 1. The first-order chi connectivity index (χ1) is 4.68. The molecule has 1 saturated carbocycles. The van der Waals surface area contributed by atoms with Gasteiger partial charge < -0.3 is 15.8 Å². The SMILES string of the molecule is COC1(CNC(N)=S)CC1. The molecule has 58 valence electrons. The van der Waals surface area contributed by atoms with Gasteiger partial charge in [0.2, 0.25) is 0 Å². The fourth-order valence-electron chi connectivity index (χ4n) is 0.841. The van der Waals surface area contributed by atoms with Gasteiger partial charge in [-0.3, -0.25) is 0 Å². The van der Waals surface area contributed by atoms with E-state index in [1.54, 1.807) is 7.11 Å². The summed E-state index contributed by atoms with van der Waals surface area (Å²) in [5.74, 6) is 0. The number of hydrogen-bond donors (Lipinski definition) is 2. The summed E-state index contributed by atoms with van der Waals surface area (Å²) in [5.41, 5.74) is 5.29. The van der Waals surface area contributed by atoms with Crippen molar-refractivity contribution in [3.8, 4) is 0 Å². The summed E-state index contributed by atoms with van der Waals surface area (Å²) in [7, 11) is 1.72. The number of thiocarbonyl (C=S) groups is 1. The van der Waals surface area contributed by atoms with Crippen molar-refractivity contribution in [1.29, 1.82) is 0 Å².